The molecular weight excluding hydrogens is 668 g/mol. The molecule has 15 heteroatoms. The minimum Gasteiger partial charge on any atom is -0.486 e. The van der Waals surface area contributed by atoms with E-state index in [1.165, 1.54) is 12.4 Å². The van der Waals surface area contributed by atoms with E-state index < -0.39 is 4.92 Å². The topological polar surface area (TPSA) is 163 Å². The maximum absolute atomic E-state index is 12.8. The average molecular weight is 703 g/mol. The summed E-state index contributed by atoms with van der Waals surface area (Å²) in [4.78, 5) is 45.4. The molecule has 0 aliphatic carbocycles. The minimum absolute atomic E-state index is 0.132. The molecule has 4 heterocycles. The van der Waals surface area contributed by atoms with Gasteiger partial charge < -0.3 is 34.5 Å². The molecule has 14 nitrogen and oxygen atoms in total. The highest BCUT2D eigenvalue weighted by Gasteiger charge is 2.30. The summed E-state index contributed by atoms with van der Waals surface area (Å²) in [6.45, 7) is 3.07. The zero-order valence-corrected chi connectivity index (χ0v) is 27.9. The number of nitro groups is 1. The molecule has 1 amide bonds. The highest BCUT2D eigenvalue weighted by molar-refractivity contribution is 9.10. The lowest BCUT2D eigenvalue weighted by Crippen LogP contribution is -2.39. The van der Waals surface area contributed by atoms with Gasteiger partial charge in [-0.25, -0.2) is 15.0 Å². The Balaban J connectivity index is 1.23. The van der Waals surface area contributed by atoms with E-state index in [1.54, 1.807) is 36.2 Å². The van der Waals surface area contributed by atoms with E-state index in [1.807, 2.05) is 57.4 Å². The van der Waals surface area contributed by atoms with Crippen LogP contribution in [0.25, 0.3) is 10.9 Å². The lowest BCUT2D eigenvalue weighted by atomic mass is 10.2. The van der Waals surface area contributed by atoms with E-state index in [2.05, 4.69) is 51.5 Å². The number of fused-ring (bicyclic) bond motifs is 1. The minimum atomic E-state index is -0.448. The Kier molecular flexibility index (Phi) is 10.2. The van der Waals surface area contributed by atoms with Crippen molar-refractivity contribution in [2.24, 2.45) is 7.05 Å². The Morgan fingerprint density at radius 1 is 1.15 bits per heavy atom. The molecule has 0 saturated heterocycles. The standard InChI is InChI=1S/C32H33BrN10O4/c1-5-29-40-32(42(45)46)26(41(29)2)18-43(3,4)14-8-10-30(44)39-28-16-23-25(17-35-28)36-20-37-31(23)38-21-11-12-27(24(33)15-21)47-19-22-9-6-7-13-34-22/h6-13,15-17,20H,5,14,18-19H2,1-4H3,(H-,35,36,37,38,39,44)/p+1/b10-8+. The van der Waals surface area contributed by atoms with Crippen LogP contribution in [0.15, 0.2) is 77.8 Å². The third-order valence-electron chi connectivity index (χ3n) is 7.29. The fourth-order valence-electron chi connectivity index (χ4n) is 4.88. The first kappa shape index (κ1) is 33.1. The molecule has 4 aromatic heterocycles. The van der Waals surface area contributed by atoms with Crippen molar-refractivity contribution >= 4 is 55.9 Å². The summed E-state index contributed by atoms with van der Waals surface area (Å²) in [5, 5.41) is 18.3. The van der Waals surface area contributed by atoms with Crippen LogP contribution in [0.2, 0.25) is 0 Å². The number of aromatic nitrogens is 6. The van der Waals surface area contributed by atoms with Crippen molar-refractivity contribution < 1.29 is 18.9 Å². The van der Waals surface area contributed by atoms with Gasteiger partial charge in [0.15, 0.2) is 5.69 Å². The summed E-state index contributed by atoms with van der Waals surface area (Å²) in [6.07, 6.45) is 8.48. The highest BCUT2D eigenvalue weighted by atomic mass is 79.9. The Bertz CT molecular complexity index is 1950. The van der Waals surface area contributed by atoms with Gasteiger partial charge in [0.25, 0.3) is 0 Å². The number of nitrogens with one attached hydrogen (secondary N) is 2. The van der Waals surface area contributed by atoms with Crippen molar-refractivity contribution in [3.05, 3.63) is 105 Å². The number of aryl methyl sites for hydroxylation is 1. The molecule has 0 bridgehead atoms. The number of nitrogens with zero attached hydrogens (tertiary/aromatic N) is 8. The second kappa shape index (κ2) is 14.4. The summed E-state index contributed by atoms with van der Waals surface area (Å²) in [6, 6.07) is 13.0. The van der Waals surface area contributed by atoms with Crippen molar-refractivity contribution in [3.8, 4) is 5.75 Å². The van der Waals surface area contributed by atoms with Gasteiger partial charge >= 0.3 is 5.82 Å². The van der Waals surface area contributed by atoms with Gasteiger partial charge in [-0.15, -0.1) is 0 Å². The fraction of sp³-hybridized carbons (Fsp3) is 0.250. The van der Waals surface area contributed by atoms with Gasteiger partial charge in [-0.2, -0.15) is 0 Å². The maximum atomic E-state index is 12.8. The first-order valence-corrected chi connectivity index (χ1v) is 15.5. The Morgan fingerprint density at radius 2 is 1.98 bits per heavy atom. The second-order valence-corrected chi connectivity index (χ2v) is 12.2. The molecule has 5 rings (SSSR count). The number of likely N-dealkylation sites (N-methyl/N-ethyl adjacent to an activating group) is 1. The van der Waals surface area contributed by atoms with Gasteiger partial charge in [0.1, 0.15) is 36.9 Å². The first-order valence-electron chi connectivity index (χ1n) is 14.7. The molecule has 0 atom stereocenters. The zero-order valence-electron chi connectivity index (χ0n) is 26.3. The number of quaternary nitrogens is 1. The number of pyridine rings is 2. The van der Waals surface area contributed by atoms with E-state index >= 15 is 0 Å². The molecule has 242 valence electrons. The number of carbonyl (C=O) groups excluding carboxylic acids is 1. The Labute approximate surface area is 279 Å². The van der Waals surface area contributed by atoms with Crippen LogP contribution in [0.4, 0.5) is 23.1 Å². The zero-order chi connectivity index (χ0) is 33.6. The summed E-state index contributed by atoms with van der Waals surface area (Å²) >= 11 is 3.57. The van der Waals surface area contributed by atoms with Crippen LogP contribution in [0.3, 0.4) is 0 Å². The number of hydrogen-bond acceptors (Lipinski definition) is 10. The lowest BCUT2D eigenvalue weighted by molar-refractivity contribution is -0.898. The third kappa shape index (κ3) is 8.31. The predicted octanol–water partition coefficient (Wildman–Crippen LogP) is 5.48. The van der Waals surface area contributed by atoms with Gasteiger partial charge in [-0.3, -0.25) is 9.78 Å². The SMILES string of the molecule is CCc1nc([N+](=O)[O-])c(C[N+](C)(C)C/C=C/C(=O)Nc2cc3c(Nc4ccc(OCc5ccccn5)c(Br)c4)ncnc3cn2)n1C. The van der Waals surface area contributed by atoms with Crippen LogP contribution in [-0.2, 0) is 31.4 Å². The van der Waals surface area contributed by atoms with Crippen LogP contribution in [0.5, 0.6) is 5.75 Å². The molecule has 2 N–H and O–H groups in total. The molecule has 5 aromatic rings. The number of benzene rings is 1. The van der Waals surface area contributed by atoms with Crippen LogP contribution in [-0.4, -0.2) is 65.4 Å². The van der Waals surface area contributed by atoms with Crippen molar-refractivity contribution in [2.45, 2.75) is 26.5 Å². The summed E-state index contributed by atoms with van der Waals surface area (Å²) in [7, 11) is 5.66. The smallest absolute Gasteiger partial charge is 0.391 e. The van der Waals surface area contributed by atoms with E-state index in [9.17, 15) is 14.9 Å². The summed E-state index contributed by atoms with van der Waals surface area (Å²) in [5.74, 6) is 1.69. The van der Waals surface area contributed by atoms with Crippen LogP contribution in [0.1, 0.15) is 24.1 Å². The number of imidazole rings is 1. The largest absolute Gasteiger partial charge is 0.486 e. The average Bonchev–Trinajstić information content (AvgIpc) is 3.35. The third-order valence-corrected chi connectivity index (χ3v) is 7.91. The first-order chi connectivity index (χ1) is 22.5. The highest BCUT2D eigenvalue weighted by Crippen LogP contribution is 2.31. The molecule has 0 saturated carbocycles. The fourth-order valence-corrected chi connectivity index (χ4v) is 5.38. The Morgan fingerprint density at radius 3 is 2.70 bits per heavy atom. The van der Waals surface area contributed by atoms with Gasteiger partial charge in [0.05, 0.1) is 42.5 Å². The van der Waals surface area contributed by atoms with Gasteiger partial charge in [0, 0.05) is 36.8 Å². The molecule has 0 radical (unpaired) electrons. The quantitative estimate of drug-likeness (QED) is 0.0695. The number of anilines is 3. The van der Waals surface area contributed by atoms with Crippen molar-refractivity contribution in [1.29, 1.82) is 0 Å². The molecule has 0 aliphatic heterocycles. The second-order valence-electron chi connectivity index (χ2n) is 11.3. The molecule has 47 heavy (non-hydrogen) atoms. The number of rotatable bonds is 13. The number of hydrogen-bond donors (Lipinski definition) is 2. The Hall–Kier alpha value is -5.28. The van der Waals surface area contributed by atoms with E-state index in [4.69, 9.17) is 4.74 Å². The summed E-state index contributed by atoms with van der Waals surface area (Å²) in [5.41, 5.74) is 2.72. The van der Waals surface area contributed by atoms with Crippen molar-refractivity contribution in [3.63, 3.8) is 0 Å². The van der Waals surface area contributed by atoms with Crippen molar-refractivity contribution in [2.75, 3.05) is 31.3 Å². The van der Waals surface area contributed by atoms with E-state index in [0.717, 1.165) is 15.9 Å². The molecular formula is C32H34BrN10O4+. The monoisotopic (exact) mass is 701 g/mol. The van der Waals surface area contributed by atoms with Crippen LogP contribution in [0, 0.1) is 10.1 Å². The normalized spacial score (nSPS) is 11.6. The predicted molar refractivity (Wildman–Crippen MR) is 181 cm³/mol. The lowest BCUT2D eigenvalue weighted by Gasteiger charge is -2.28. The van der Waals surface area contributed by atoms with Crippen molar-refractivity contribution in [1.82, 2.24) is 29.5 Å². The molecule has 0 spiro atoms. The van der Waals surface area contributed by atoms with Crippen LogP contribution >= 0.6 is 15.9 Å². The molecule has 0 aliphatic rings. The van der Waals surface area contributed by atoms with Gasteiger partial charge in [-0.1, -0.05) is 13.0 Å². The summed E-state index contributed by atoms with van der Waals surface area (Å²) < 4.78 is 8.81. The number of carbonyl (C=O) groups is 1. The molecule has 0 unspecified atom stereocenters. The molecule has 1 aromatic carbocycles. The van der Waals surface area contributed by atoms with E-state index in [0.29, 0.717) is 70.4 Å². The van der Waals surface area contributed by atoms with E-state index in [-0.39, 0.29) is 11.7 Å². The number of amides is 1. The molecule has 0 fully saturated rings. The number of halogens is 1. The maximum Gasteiger partial charge on any atom is 0.391 e. The van der Waals surface area contributed by atoms with Crippen LogP contribution < -0.4 is 15.4 Å². The van der Waals surface area contributed by atoms with Gasteiger partial charge in [-0.05, 0) is 68.3 Å². The number of ether oxygens (including phenoxy) is 1. The van der Waals surface area contributed by atoms with Gasteiger partial charge in [0.2, 0.25) is 11.7 Å².